The Morgan fingerprint density at radius 2 is 1.47 bits per heavy atom. The number of nitrogens with one attached hydrogen (secondary N) is 1. The van der Waals surface area contributed by atoms with E-state index in [1.807, 2.05) is 12.1 Å². The van der Waals surface area contributed by atoms with Crippen molar-refractivity contribution in [3.8, 4) is 0 Å². The quantitative estimate of drug-likeness (QED) is 0.491. The summed E-state index contributed by atoms with van der Waals surface area (Å²) in [5.41, 5.74) is 5.69. The molecule has 0 bridgehead atoms. The fourth-order valence-electron chi connectivity index (χ4n) is 4.80. The first-order valence-electron chi connectivity index (χ1n) is 12.9. The Labute approximate surface area is 216 Å². The lowest BCUT2D eigenvalue weighted by molar-refractivity contribution is 0.0930. The lowest BCUT2D eigenvalue weighted by Gasteiger charge is -2.40. The van der Waals surface area contributed by atoms with E-state index in [1.54, 1.807) is 0 Å². The van der Waals surface area contributed by atoms with Crippen LogP contribution in [0.25, 0.3) is 0 Å². The van der Waals surface area contributed by atoms with Crippen LogP contribution in [0.4, 0.5) is 11.4 Å². The number of amides is 1. The zero-order chi connectivity index (χ0) is 25.7. The summed E-state index contributed by atoms with van der Waals surface area (Å²) in [7, 11) is 4.11. The minimum Gasteiger partial charge on any atom is -0.378 e. The summed E-state index contributed by atoms with van der Waals surface area (Å²) < 4.78 is 0. The highest BCUT2D eigenvalue weighted by atomic mass is 16.1. The minimum atomic E-state index is -0.0201. The normalized spacial score (nSPS) is 15.4. The van der Waals surface area contributed by atoms with Gasteiger partial charge in [0, 0.05) is 63.8 Å². The average molecular weight is 485 g/mol. The minimum absolute atomic E-state index is 0.0201. The monoisotopic (exact) mass is 484 g/mol. The molecule has 1 fully saturated rings. The predicted octanol–water partition coefficient (Wildman–Crippen LogP) is 5.34. The smallest absolute Gasteiger partial charge is 0.251 e. The van der Waals surface area contributed by atoms with Crippen molar-refractivity contribution in [2.75, 3.05) is 56.6 Å². The van der Waals surface area contributed by atoms with E-state index in [9.17, 15) is 4.79 Å². The van der Waals surface area contributed by atoms with Gasteiger partial charge in [0.2, 0.25) is 0 Å². The van der Waals surface area contributed by atoms with Crippen molar-refractivity contribution < 1.29 is 4.79 Å². The van der Waals surface area contributed by atoms with E-state index in [-0.39, 0.29) is 17.4 Å². The number of hydrogen-bond donors (Lipinski definition) is 1. The Hall–Kier alpha value is -3.31. The van der Waals surface area contributed by atoms with Gasteiger partial charge in [0.25, 0.3) is 5.91 Å². The zero-order valence-electron chi connectivity index (χ0n) is 22.4. The topological polar surface area (TPSA) is 38.8 Å². The van der Waals surface area contributed by atoms with Crippen LogP contribution in [0.2, 0.25) is 0 Å². The first kappa shape index (κ1) is 25.8. The molecule has 3 aromatic rings. The molecule has 1 aliphatic heterocycles. The third kappa shape index (κ3) is 6.27. The Morgan fingerprint density at radius 3 is 2.03 bits per heavy atom. The van der Waals surface area contributed by atoms with Gasteiger partial charge in [-0.1, -0.05) is 63.2 Å². The third-order valence-electron chi connectivity index (χ3n) is 7.14. The van der Waals surface area contributed by atoms with Gasteiger partial charge in [0.1, 0.15) is 0 Å². The molecule has 0 saturated carbocycles. The standard InChI is InChI=1S/C31H40N4O/c1-31(2,3)26-15-11-25(12-16-26)30(36)32-23-29(24-13-17-27(18-14-24)33(4)5)35-21-19-34(20-22-35)28-9-7-6-8-10-28/h6-18,29H,19-23H2,1-5H3,(H,32,36)/t29-/m0/s1. The Morgan fingerprint density at radius 1 is 0.861 bits per heavy atom. The van der Waals surface area contributed by atoms with Crippen LogP contribution in [0, 0.1) is 0 Å². The van der Waals surface area contributed by atoms with Crippen molar-refractivity contribution in [3.05, 3.63) is 95.6 Å². The zero-order valence-corrected chi connectivity index (χ0v) is 22.4. The Kier molecular flexibility index (Phi) is 8.00. The van der Waals surface area contributed by atoms with Crippen molar-refractivity contribution >= 4 is 17.3 Å². The van der Waals surface area contributed by atoms with Gasteiger partial charge in [-0.05, 0) is 52.9 Å². The number of hydrogen-bond acceptors (Lipinski definition) is 4. The Balaban J connectivity index is 1.47. The SMILES string of the molecule is CN(C)c1ccc([C@H](CNC(=O)c2ccc(C(C)(C)C)cc2)N2CCN(c3ccccc3)CC2)cc1. The molecule has 0 aliphatic carbocycles. The van der Waals surface area contributed by atoms with Gasteiger partial charge in [0.15, 0.2) is 0 Å². The highest BCUT2D eigenvalue weighted by Gasteiger charge is 2.26. The number of para-hydroxylation sites is 1. The number of piperazine rings is 1. The third-order valence-corrected chi connectivity index (χ3v) is 7.14. The number of rotatable bonds is 7. The van der Waals surface area contributed by atoms with Crippen LogP contribution in [0.15, 0.2) is 78.9 Å². The molecule has 5 heteroatoms. The lowest BCUT2D eigenvalue weighted by Crippen LogP contribution is -2.50. The number of carbonyl (C=O) groups excluding carboxylic acids is 1. The predicted molar refractivity (Wildman–Crippen MR) is 151 cm³/mol. The van der Waals surface area contributed by atoms with Crippen molar-refractivity contribution in [2.45, 2.75) is 32.2 Å². The molecule has 3 aromatic carbocycles. The first-order valence-corrected chi connectivity index (χ1v) is 12.9. The largest absolute Gasteiger partial charge is 0.378 e. The number of anilines is 2. The van der Waals surface area contributed by atoms with E-state index in [0.717, 1.165) is 26.2 Å². The van der Waals surface area contributed by atoms with Gasteiger partial charge in [-0.2, -0.15) is 0 Å². The first-order chi connectivity index (χ1) is 17.2. The molecule has 1 aliphatic rings. The molecule has 4 rings (SSSR count). The molecule has 5 nitrogen and oxygen atoms in total. The van der Waals surface area contributed by atoms with Crippen LogP contribution in [-0.2, 0) is 5.41 Å². The van der Waals surface area contributed by atoms with Gasteiger partial charge >= 0.3 is 0 Å². The van der Waals surface area contributed by atoms with E-state index in [2.05, 4.69) is 122 Å². The van der Waals surface area contributed by atoms with Gasteiger partial charge in [-0.25, -0.2) is 0 Å². The molecule has 1 saturated heterocycles. The second-order valence-corrected chi connectivity index (χ2v) is 10.9. The molecule has 1 atom stereocenters. The summed E-state index contributed by atoms with van der Waals surface area (Å²) in [6.45, 7) is 11.0. The van der Waals surface area contributed by atoms with Crippen LogP contribution in [0.1, 0.15) is 48.3 Å². The molecule has 0 radical (unpaired) electrons. The maximum absolute atomic E-state index is 13.1. The molecule has 1 amide bonds. The van der Waals surface area contributed by atoms with Gasteiger partial charge < -0.3 is 15.1 Å². The van der Waals surface area contributed by atoms with E-state index in [0.29, 0.717) is 12.1 Å². The van der Waals surface area contributed by atoms with E-state index in [1.165, 1.54) is 22.5 Å². The molecule has 36 heavy (non-hydrogen) atoms. The summed E-state index contributed by atoms with van der Waals surface area (Å²) in [5.74, 6) is -0.0201. The molecule has 190 valence electrons. The molecular formula is C31H40N4O. The number of nitrogens with zero attached hydrogens (tertiary/aromatic N) is 3. The average Bonchev–Trinajstić information content (AvgIpc) is 2.89. The highest BCUT2D eigenvalue weighted by Crippen LogP contribution is 2.26. The van der Waals surface area contributed by atoms with Crippen LogP contribution in [0.3, 0.4) is 0 Å². The molecule has 1 N–H and O–H groups in total. The summed E-state index contributed by atoms with van der Waals surface area (Å²) in [6, 6.07) is 27.5. The van der Waals surface area contributed by atoms with Gasteiger partial charge in [-0.3, -0.25) is 9.69 Å². The number of carbonyl (C=O) groups is 1. The van der Waals surface area contributed by atoms with Crippen LogP contribution >= 0.6 is 0 Å². The van der Waals surface area contributed by atoms with Crippen molar-refractivity contribution in [1.82, 2.24) is 10.2 Å². The lowest BCUT2D eigenvalue weighted by atomic mass is 9.87. The Bertz CT molecular complexity index is 1110. The summed E-state index contributed by atoms with van der Waals surface area (Å²) in [5, 5.41) is 3.23. The van der Waals surface area contributed by atoms with Gasteiger partial charge in [-0.15, -0.1) is 0 Å². The van der Waals surface area contributed by atoms with E-state index >= 15 is 0 Å². The van der Waals surface area contributed by atoms with E-state index in [4.69, 9.17) is 0 Å². The highest BCUT2D eigenvalue weighted by molar-refractivity contribution is 5.94. The van der Waals surface area contributed by atoms with E-state index < -0.39 is 0 Å². The summed E-state index contributed by atoms with van der Waals surface area (Å²) >= 11 is 0. The molecule has 0 aromatic heterocycles. The van der Waals surface area contributed by atoms with Crippen LogP contribution in [0.5, 0.6) is 0 Å². The van der Waals surface area contributed by atoms with Crippen LogP contribution < -0.4 is 15.1 Å². The second kappa shape index (κ2) is 11.2. The number of benzene rings is 3. The van der Waals surface area contributed by atoms with Crippen molar-refractivity contribution in [1.29, 1.82) is 0 Å². The maximum atomic E-state index is 13.1. The second-order valence-electron chi connectivity index (χ2n) is 10.9. The summed E-state index contributed by atoms with van der Waals surface area (Å²) in [6.07, 6.45) is 0. The maximum Gasteiger partial charge on any atom is 0.251 e. The fourth-order valence-corrected chi connectivity index (χ4v) is 4.80. The summed E-state index contributed by atoms with van der Waals surface area (Å²) in [4.78, 5) is 20.1. The fraction of sp³-hybridized carbons (Fsp3) is 0.387. The molecule has 0 spiro atoms. The van der Waals surface area contributed by atoms with Crippen LogP contribution in [-0.4, -0.2) is 57.6 Å². The van der Waals surface area contributed by atoms with Crippen molar-refractivity contribution in [3.63, 3.8) is 0 Å². The van der Waals surface area contributed by atoms with Crippen molar-refractivity contribution in [2.24, 2.45) is 0 Å². The molecular weight excluding hydrogens is 444 g/mol. The van der Waals surface area contributed by atoms with Gasteiger partial charge in [0.05, 0.1) is 6.04 Å². The molecule has 0 unspecified atom stereocenters. The molecule has 1 heterocycles.